The monoisotopic (exact) mass is 252 g/mol. The topological polar surface area (TPSA) is 84.2 Å². The number of likely N-dealkylation sites (N-methyl/N-ethyl adjacent to an activating group) is 1. The van der Waals surface area contributed by atoms with E-state index >= 15 is 0 Å². The first-order valence-corrected chi connectivity index (χ1v) is 6.38. The maximum atomic E-state index is 11.8. The number of nitrogens with two attached hydrogens (primary N) is 1. The predicted molar refractivity (Wildman–Crippen MR) is 69.5 cm³/mol. The molecule has 6 heteroatoms. The molecule has 1 saturated heterocycles. The fourth-order valence-electron chi connectivity index (χ4n) is 2.18. The third kappa shape index (κ3) is 2.54. The Bertz CT molecular complexity index is 472. The molecule has 18 heavy (non-hydrogen) atoms. The lowest BCUT2D eigenvalue weighted by atomic mass is 10.2. The van der Waals surface area contributed by atoms with Gasteiger partial charge in [0, 0.05) is 13.1 Å². The number of aromatic nitrogens is 2. The summed E-state index contributed by atoms with van der Waals surface area (Å²) in [5.41, 5.74) is 6.19. The molecule has 0 amide bonds. The van der Waals surface area contributed by atoms with Crippen LogP contribution in [0.25, 0.3) is 0 Å². The second kappa shape index (κ2) is 5.49. The molecule has 0 radical (unpaired) electrons. The van der Waals surface area contributed by atoms with E-state index in [1.54, 1.807) is 0 Å². The van der Waals surface area contributed by atoms with Crippen molar-refractivity contribution >= 4 is 5.82 Å². The molecule has 1 aliphatic rings. The summed E-state index contributed by atoms with van der Waals surface area (Å²) in [6.45, 7) is 7.26. The predicted octanol–water partition coefficient (Wildman–Crippen LogP) is 0.308. The number of nitrogen functional groups attached to an aromatic ring is 1. The van der Waals surface area contributed by atoms with Gasteiger partial charge in [0.05, 0.1) is 12.2 Å². The van der Waals surface area contributed by atoms with E-state index in [0.29, 0.717) is 30.2 Å². The highest BCUT2D eigenvalue weighted by atomic mass is 16.5. The lowest BCUT2D eigenvalue weighted by Gasteiger charge is -2.31. The van der Waals surface area contributed by atoms with Gasteiger partial charge >= 0.3 is 0 Å². The summed E-state index contributed by atoms with van der Waals surface area (Å²) in [7, 11) is 0. The number of nitrogens with zero attached hydrogens (tertiary/aromatic N) is 2. The molecule has 100 valence electrons. The summed E-state index contributed by atoms with van der Waals surface area (Å²) in [6, 6.07) is 0. The molecule has 0 aromatic carbocycles. The number of aromatic amines is 1. The fourth-order valence-corrected chi connectivity index (χ4v) is 2.18. The Morgan fingerprint density at radius 1 is 1.56 bits per heavy atom. The van der Waals surface area contributed by atoms with Gasteiger partial charge in [-0.05, 0) is 13.0 Å². The molecule has 0 spiro atoms. The Morgan fingerprint density at radius 2 is 2.33 bits per heavy atom. The number of rotatable bonds is 3. The second-order valence-electron chi connectivity index (χ2n) is 4.42. The van der Waals surface area contributed by atoms with Crippen molar-refractivity contribution in [3.05, 3.63) is 21.7 Å². The number of H-pyrrole nitrogens is 1. The highest BCUT2D eigenvalue weighted by Crippen LogP contribution is 2.19. The van der Waals surface area contributed by atoms with Crippen molar-refractivity contribution in [1.82, 2.24) is 14.9 Å². The van der Waals surface area contributed by atoms with Gasteiger partial charge in [-0.1, -0.05) is 13.8 Å². The standard InChI is InChI=1S/C12H20N4O2/c1-3-8-10(13)14-11(15-12(8)17)9-7-16(4-2)5-6-18-9/h9H,3-7H2,1-2H3,(H3,13,14,15,17). The first kappa shape index (κ1) is 13.0. The van der Waals surface area contributed by atoms with Crippen molar-refractivity contribution in [3.8, 4) is 0 Å². The summed E-state index contributed by atoms with van der Waals surface area (Å²) in [5.74, 6) is 0.848. The van der Waals surface area contributed by atoms with Crippen LogP contribution in [0.1, 0.15) is 31.3 Å². The van der Waals surface area contributed by atoms with E-state index in [2.05, 4.69) is 21.8 Å². The molecular weight excluding hydrogens is 232 g/mol. The molecule has 6 nitrogen and oxygen atoms in total. The Hall–Kier alpha value is -1.40. The largest absolute Gasteiger partial charge is 0.383 e. The molecule has 1 aromatic heterocycles. The maximum Gasteiger partial charge on any atom is 0.256 e. The third-order valence-electron chi connectivity index (χ3n) is 3.32. The van der Waals surface area contributed by atoms with Crippen LogP contribution in [-0.4, -0.2) is 41.1 Å². The van der Waals surface area contributed by atoms with Gasteiger partial charge in [0.15, 0.2) is 0 Å². The van der Waals surface area contributed by atoms with Crippen molar-refractivity contribution in [2.45, 2.75) is 26.4 Å². The summed E-state index contributed by atoms with van der Waals surface area (Å²) < 4.78 is 5.65. The molecule has 3 N–H and O–H groups in total. The number of ether oxygens (including phenoxy) is 1. The Labute approximate surface area is 106 Å². The zero-order valence-electron chi connectivity index (χ0n) is 10.9. The summed E-state index contributed by atoms with van der Waals surface area (Å²) in [5, 5.41) is 0. The van der Waals surface area contributed by atoms with Crippen molar-refractivity contribution in [2.75, 3.05) is 32.0 Å². The van der Waals surface area contributed by atoms with E-state index in [-0.39, 0.29) is 11.7 Å². The van der Waals surface area contributed by atoms with E-state index in [0.717, 1.165) is 19.6 Å². The molecule has 2 heterocycles. The van der Waals surface area contributed by atoms with Crippen molar-refractivity contribution in [3.63, 3.8) is 0 Å². The Kier molecular flexibility index (Phi) is 3.98. The van der Waals surface area contributed by atoms with Crippen molar-refractivity contribution in [1.29, 1.82) is 0 Å². The average Bonchev–Trinajstić information content (AvgIpc) is 2.38. The maximum absolute atomic E-state index is 11.8. The third-order valence-corrected chi connectivity index (χ3v) is 3.32. The van der Waals surface area contributed by atoms with Crippen molar-refractivity contribution in [2.24, 2.45) is 0 Å². The van der Waals surface area contributed by atoms with Crippen LogP contribution in [0.3, 0.4) is 0 Å². The first-order chi connectivity index (χ1) is 8.65. The van der Waals surface area contributed by atoms with Crippen LogP contribution in [0.4, 0.5) is 5.82 Å². The van der Waals surface area contributed by atoms with E-state index in [9.17, 15) is 4.79 Å². The quantitative estimate of drug-likeness (QED) is 0.808. The molecule has 2 rings (SSSR count). The smallest absolute Gasteiger partial charge is 0.256 e. The van der Waals surface area contributed by atoms with Gasteiger partial charge in [0.1, 0.15) is 17.7 Å². The van der Waals surface area contributed by atoms with E-state index in [1.165, 1.54) is 0 Å². The number of hydrogen-bond acceptors (Lipinski definition) is 5. The lowest BCUT2D eigenvalue weighted by Crippen LogP contribution is -2.39. The highest BCUT2D eigenvalue weighted by Gasteiger charge is 2.23. The van der Waals surface area contributed by atoms with Gasteiger partial charge in [-0.15, -0.1) is 0 Å². The van der Waals surface area contributed by atoms with E-state index < -0.39 is 0 Å². The molecule has 0 saturated carbocycles. The zero-order chi connectivity index (χ0) is 13.1. The fraction of sp³-hybridized carbons (Fsp3) is 0.667. The Balaban J connectivity index is 2.26. The molecule has 0 bridgehead atoms. The Morgan fingerprint density at radius 3 is 2.94 bits per heavy atom. The highest BCUT2D eigenvalue weighted by molar-refractivity contribution is 5.37. The van der Waals surface area contributed by atoms with E-state index in [4.69, 9.17) is 10.5 Å². The van der Waals surface area contributed by atoms with Crippen LogP contribution in [0.5, 0.6) is 0 Å². The van der Waals surface area contributed by atoms with Gasteiger partial charge in [-0.2, -0.15) is 0 Å². The SMILES string of the molecule is CCc1c(N)nc(C2CN(CC)CCO2)[nH]c1=O. The first-order valence-electron chi connectivity index (χ1n) is 6.38. The minimum absolute atomic E-state index is 0.155. The minimum atomic E-state index is -0.195. The molecule has 1 aromatic rings. The zero-order valence-corrected chi connectivity index (χ0v) is 10.9. The number of hydrogen-bond donors (Lipinski definition) is 2. The second-order valence-corrected chi connectivity index (χ2v) is 4.42. The lowest BCUT2D eigenvalue weighted by molar-refractivity contribution is -0.0326. The van der Waals surface area contributed by atoms with Crippen molar-refractivity contribution < 1.29 is 4.74 Å². The molecule has 1 fully saturated rings. The summed E-state index contributed by atoms with van der Waals surface area (Å²) in [6.07, 6.45) is 0.390. The number of anilines is 1. The van der Waals surface area contributed by atoms with Gasteiger partial charge in [0.2, 0.25) is 0 Å². The van der Waals surface area contributed by atoms with Crippen LogP contribution in [-0.2, 0) is 11.2 Å². The van der Waals surface area contributed by atoms with E-state index in [1.807, 2.05) is 6.92 Å². The summed E-state index contributed by atoms with van der Waals surface area (Å²) >= 11 is 0. The van der Waals surface area contributed by atoms with Gasteiger partial charge in [-0.3, -0.25) is 9.69 Å². The van der Waals surface area contributed by atoms with Crippen LogP contribution < -0.4 is 11.3 Å². The van der Waals surface area contributed by atoms with Crippen LogP contribution in [0, 0.1) is 0 Å². The molecular formula is C12H20N4O2. The van der Waals surface area contributed by atoms with Crippen LogP contribution >= 0.6 is 0 Å². The molecule has 1 unspecified atom stereocenters. The molecule has 0 aliphatic carbocycles. The minimum Gasteiger partial charge on any atom is -0.383 e. The number of morpholine rings is 1. The van der Waals surface area contributed by atoms with Crippen LogP contribution in [0.2, 0.25) is 0 Å². The average molecular weight is 252 g/mol. The summed E-state index contributed by atoms with van der Waals surface area (Å²) in [4.78, 5) is 21.2. The van der Waals surface area contributed by atoms with Gasteiger partial charge in [0.25, 0.3) is 5.56 Å². The molecule has 1 aliphatic heterocycles. The van der Waals surface area contributed by atoms with Crippen LogP contribution in [0.15, 0.2) is 4.79 Å². The van der Waals surface area contributed by atoms with Gasteiger partial charge in [-0.25, -0.2) is 4.98 Å². The number of nitrogens with one attached hydrogen (secondary N) is 1. The van der Waals surface area contributed by atoms with Gasteiger partial charge < -0.3 is 15.5 Å². The normalized spacial score (nSPS) is 21.1. The molecule has 1 atom stereocenters.